The zero-order chi connectivity index (χ0) is 19.7. The smallest absolute Gasteiger partial charge is 0.322 e. The largest absolute Gasteiger partial charge is 0.480 e. The number of carbonyl (C=O) groups excluding carboxylic acids is 2. The summed E-state index contributed by atoms with van der Waals surface area (Å²) in [5.74, 6) is -1.73. The van der Waals surface area contributed by atoms with Crippen molar-refractivity contribution in [3.05, 3.63) is 12.7 Å². The van der Waals surface area contributed by atoms with Crippen LogP contribution in [-0.4, -0.2) is 59.2 Å². The third kappa shape index (κ3) is 6.76. The molecule has 1 rings (SSSR count). The van der Waals surface area contributed by atoms with Gasteiger partial charge in [0.15, 0.2) is 0 Å². The number of ether oxygens (including phenoxy) is 1. The number of hydrogen-bond donors (Lipinski definition) is 3. The number of carboxylic acids is 1. The number of nitrogens with one attached hydrogen (secondary N) is 2. The van der Waals surface area contributed by atoms with Gasteiger partial charge in [-0.1, -0.05) is 19.9 Å². The summed E-state index contributed by atoms with van der Waals surface area (Å²) in [4.78, 5) is 36.1. The Morgan fingerprint density at radius 3 is 2.65 bits per heavy atom. The molecular formula is C18H31N3O5. The predicted molar refractivity (Wildman–Crippen MR) is 97.1 cm³/mol. The van der Waals surface area contributed by atoms with Gasteiger partial charge in [0.25, 0.3) is 5.91 Å². The topological polar surface area (TPSA) is 108 Å². The van der Waals surface area contributed by atoms with Gasteiger partial charge in [-0.2, -0.15) is 0 Å². The number of amides is 2. The highest BCUT2D eigenvalue weighted by Gasteiger charge is 2.32. The molecule has 3 atom stereocenters. The number of nitrogens with zero attached hydrogens (tertiary/aromatic N) is 1. The van der Waals surface area contributed by atoms with Crippen LogP contribution in [0.4, 0.5) is 0 Å². The lowest BCUT2D eigenvalue weighted by atomic mass is 10.1. The first-order valence-electron chi connectivity index (χ1n) is 9.11. The van der Waals surface area contributed by atoms with Crippen molar-refractivity contribution in [2.45, 2.75) is 64.6 Å². The molecule has 0 aromatic rings. The Morgan fingerprint density at radius 2 is 2.08 bits per heavy atom. The molecule has 0 aromatic heterocycles. The highest BCUT2D eigenvalue weighted by Crippen LogP contribution is 2.11. The Labute approximate surface area is 154 Å². The van der Waals surface area contributed by atoms with Crippen LogP contribution in [0.15, 0.2) is 12.7 Å². The minimum atomic E-state index is -0.994. The highest BCUT2D eigenvalue weighted by molar-refractivity contribution is 5.89. The fourth-order valence-electron chi connectivity index (χ4n) is 2.72. The standard InChI is InChI=1S/C18H31N3O5/c1-5-6-7-11-26-15(12(2)3)16(22)19-13(4)17(23)21-10-8-9-14(20-21)18(24)25/h5,12-15,20H,1,6-11H2,2-4H3,(H,19,22)(H,24,25). The van der Waals surface area contributed by atoms with Gasteiger partial charge in [0.1, 0.15) is 18.2 Å². The molecule has 0 saturated carbocycles. The molecule has 1 heterocycles. The van der Waals surface area contributed by atoms with E-state index in [0.717, 1.165) is 12.8 Å². The fraction of sp³-hybridized carbons (Fsp3) is 0.722. The van der Waals surface area contributed by atoms with Crippen molar-refractivity contribution >= 4 is 17.8 Å². The number of hydrazine groups is 1. The Bertz CT molecular complexity index is 509. The molecule has 1 aliphatic rings. The molecule has 1 aliphatic heterocycles. The number of allylic oxidation sites excluding steroid dienone is 1. The lowest BCUT2D eigenvalue weighted by Gasteiger charge is -2.34. The van der Waals surface area contributed by atoms with Crippen LogP contribution >= 0.6 is 0 Å². The second-order valence-electron chi connectivity index (χ2n) is 6.85. The van der Waals surface area contributed by atoms with Crippen LogP contribution in [0.25, 0.3) is 0 Å². The maximum Gasteiger partial charge on any atom is 0.322 e. The molecule has 1 saturated heterocycles. The quantitative estimate of drug-likeness (QED) is 0.393. The Hall–Kier alpha value is -1.93. The second-order valence-corrected chi connectivity index (χ2v) is 6.85. The highest BCUT2D eigenvalue weighted by atomic mass is 16.5. The van der Waals surface area contributed by atoms with Gasteiger partial charge in [-0.25, -0.2) is 5.43 Å². The van der Waals surface area contributed by atoms with Crippen LogP contribution in [0.3, 0.4) is 0 Å². The fourth-order valence-corrected chi connectivity index (χ4v) is 2.72. The van der Waals surface area contributed by atoms with Gasteiger partial charge in [-0.05, 0) is 38.5 Å². The van der Waals surface area contributed by atoms with Crippen molar-refractivity contribution in [2.24, 2.45) is 5.92 Å². The molecule has 1 fully saturated rings. The monoisotopic (exact) mass is 369 g/mol. The molecule has 3 N–H and O–H groups in total. The minimum Gasteiger partial charge on any atom is -0.480 e. The van der Waals surface area contributed by atoms with Crippen LogP contribution in [0, 0.1) is 5.92 Å². The van der Waals surface area contributed by atoms with Crippen molar-refractivity contribution in [1.29, 1.82) is 0 Å². The van der Waals surface area contributed by atoms with Crippen LogP contribution in [0.2, 0.25) is 0 Å². The molecular weight excluding hydrogens is 338 g/mol. The number of hydrogen-bond acceptors (Lipinski definition) is 5. The van der Waals surface area contributed by atoms with Crippen molar-refractivity contribution in [2.75, 3.05) is 13.2 Å². The van der Waals surface area contributed by atoms with Gasteiger partial charge in [0.05, 0.1) is 0 Å². The van der Waals surface area contributed by atoms with Gasteiger partial charge in [-0.15, -0.1) is 6.58 Å². The first kappa shape index (κ1) is 22.1. The van der Waals surface area contributed by atoms with Crippen LogP contribution < -0.4 is 10.7 Å². The van der Waals surface area contributed by atoms with Gasteiger partial charge < -0.3 is 15.2 Å². The summed E-state index contributed by atoms with van der Waals surface area (Å²) in [5, 5.41) is 13.0. The number of carbonyl (C=O) groups is 3. The zero-order valence-corrected chi connectivity index (χ0v) is 15.9. The van der Waals surface area contributed by atoms with Gasteiger partial charge >= 0.3 is 5.97 Å². The summed E-state index contributed by atoms with van der Waals surface area (Å²) in [6, 6.07) is -1.56. The van der Waals surface area contributed by atoms with E-state index in [9.17, 15) is 14.4 Å². The molecule has 2 amide bonds. The molecule has 0 aromatic carbocycles. The van der Waals surface area contributed by atoms with Gasteiger partial charge in [0, 0.05) is 13.2 Å². The molecule has 148 valence electrons. The molecule has 8 heteroatoms. The number of rotatable bonds is 10. The summed E-state index contributed by atoms with van der Waals surface area (Å²) in [7, 11) is 0. The van der Waals surface area contributed by atoms with Crippen molar-refractivity contribution in [1.82, 2.24) is 15.8 Å². The molecule has 0 bridgehead atoms. The molecule has 3 unspecified atom stereocenters. The summed E-state index contributed by atoms with van der Waals surface area (Å²) < 4.78 is 5.66. The van der Waals surface area contributed by atoms with Crippen LogP contribution in [-0.2, 0) is 19.1 Å². The third-order valence-corrected chi connectivity index (χ3v) is 4.19. The number of unbranched alkanes of at least 4 members (excludes halogenated alkanes) is 1. The Balaban J connectivity index is 2.58. The Kier molecular flexibility index (Phi) is 9.29. The van der Waals surface area contributed by atoms with Gasteiger partial charge in [0.2, 0.25) is 5.91 Å². The SMILES string of the molecule is C=CCCCOC(C(=O)NC(C)C(=O)N1CCCC(C(=O)O)N1)C(C)C. The van der Waals surface area contributed by atoms with E-state index in [0.29, 0.717) is 26.0 Å². The molecule has 0 spiro atoms. The molecule has 26 heavy (non-hydrogen) atoms. The summed E-state index contributed by atoms with van der Waals surface area (Å²) in [6.07, 6.45) is 3.81. The second kappa shape index (κ2) is 10.9. The molecule has 0 radical (unpaired) electrons. The number of aliphatic carboxylic acids is 1. The third-order valence-electron chi connectivity index (χ3n) is 4.19. The predicted octanol–water partition coefficient (Wildman–Crippen LogP) is 1.08. The van der Waals surface area contributed by atoms with E-state index in [2.05, 4.69) is 17.3 Å². The maximum absolute atomic E-state index is 12.5. The molecule has 8 nitrogen and oxygen atoms in total. The number of carboxylic acid groups (broad SMARTS) is 1. The first-order valence-corrected chi connectivity index (χ1v) is 9.11. The summed E-state index contributed by atoms with van der Waals surface area (Å²) in [6.45, 7) is 9.85. The summed E-state index contributed by atoms with van der Waals surface area (Å²) >= 11 is 0. The first-order chi connectivity index (χ1) is 12.3. The van der Waals surface area contributed by atoms with E-state index in [1.807, 2.05) is 13.8 Å². The Morgan fingerprint density at radius 1 is 1.38 bits per heavy atom. The average Bonchev–Trinajstić information content (AvgIpc) is 2.60. The average molecular weight is 369 g/mol. The molecule has 0 aliphatic carbocycles. The van der Waals surface area contributed by atoms with Crippen molar-refractivity contribution in [3.8, 4) is 0 Å². The van der Waals surface area contributed by atoms with E-state index in [4.69, 9.17) is 9.84 Å². The van der Waals surface area contributed by atoms with Crippen LogP contribution in [0.5, 0.6) is 0 Å². The normalized spacial score (nSPS) is 19.7. The van der Waals surface area contributed by atoms with Crippen molar-refractivity contribution < 1.29 is 24.2 Å². The van der Waals surface area contributed by atoms with E-state index in [-0.39, 0.29) is 17.7 Å². The van der Waals surface area contributed by atoms with Gasteiger partial charge in [-0.3, -0.25) is 19.4 Å². The lowest BCUT2D eigenvalue weighted by Crippen LogP contribution is -2.59. The van der Waals surface area contributed by atoms with Crippen molar-refractivity contribution in [3.63, 3.8) is 0 Å². The van der Waals surface area contributed by atoms with E-state index >= 15 is 0 Å². The van der Waals surface area contributed by atoms with E-state index < -0.39 is 24.2 Å². The zero-order valence-electron chi connectivity index (χ0n) is 15.9. The summed E-state index contributed by atoms with van der Waals surface area (Å²) in [5.41, 5.74) is 2.70. The van der Waals surface area contributed by atoms with E-state index in [1.165, 1.54) is 5.01 Å². The lowest BCUT2D eigenvalue weighted by molar-refractivity contribution is -0.149. The minimum absolute atomic E-state index is 0.0365. The van der Waals surface area contributed by atoms with Crippen LogP contribution in [0.1, 0.15) is 46.5 Å². The maximum atomic E-state index is 12.5. The van der Waals surface area contributed by atoms with E-state index in [1.54, 1.807) is 13.0 Å².